The third kappa shape index (κ3) is 7.18. The second kappa shape index (κ2) is 11.6. The molecule has 0 fully saturated rings. The van der Waals surface area contributed by atoms with E-state index in [1.54, 1.807) is 21.3 Å². The summed E-state index contributed by atoms with van der Waals surface area (Å²) in [5.74, 6) is 2.52. The Hall–Kier alpha value is -2.37. The summed E-state index contributed by atoms with van der Waals surface area (Å²) >= 11 is 0. The van der Waals surface area contributed by atoms with E-state index in [9.17, 15) is 4.79 Å². The molecule has 1 aromatic carbocycles. The van der Waals surface area contributed by atoms with Gasteiger partial charge >= 0.3 is 6.09 Å². The summed E-state index contributed by atoms with van der Waals surface area (Å²) in [6.45, 7) is 10.1. The Labute approximate surface area is 175 Å². The molecule has 29 heavy (non-hydrogen) atoms. The summed E-state index contributed by atoms with van der Waals surface area (Å²) in [6, 6.07) is 4.00. The number of nitrogens with one attached hydrogen (secondary N) is 1. The van der Waals surface area contributed by atoms with Crippen molar-refractivity contribution in [1.29, 1.82) is 0 Å². The van der Waals surface area contributed by atoms with Gasteiger partial charge in [-0.1, -0.05) is 19.9 Å². The molecule has 0 heterocycles. The lowest BCUT2D eigenvalue weighted by Crippen LogP contribution is -2.33. The molecule has 1 aromatic rings. The zero-order valence-corrected chi connectivity index (χ0v) is 19.2. The predicted octanol–water partition coefficient (Wildman–Crippen LogP) is 5.03. The van der Waals surface area contributed by atoms with E-state index in [1.807, 2.05) is 40.7 Å². The van der Waals surface area contributed by atoms with Crippen LogP contribution < -0.4 is 14.8 Å². The number of carbonyl (C=O) groups excluding carboxylic acids is 1. The van der Waals surface area contributed by atoms with Crippen LogP contribution in [0.25, 0.3) is 0 Å². The first-order valence-electron chi connectivity index (χ1n) is 10.2. The molecular weight excluding hydrogens is 370 g/mol. The highest BCUT2D eigenvalue weighted by atomic mass is 16.6. The quantitative estimate of drug-likeness (QED) is 0.642. The highest BCUT2D eigenvalue weighted by Crippen LogP contribution is 2.39. The maximum absolute atomic E-state index is 11.7. The van der Waals surface area contributed by atoms with Crippen LogP contribution in [0, 0.1) is 0 Å². The lowest BCUT2D eigenvalue weighted by atomic mass is 9.87. The van der Waals surface area contributed by atoms with E-state index in [2.05, 4.69) is 11.4 Å². The lowest BCUT2D eigenvalue weighted by Gasteiger charge is -2.25. The molecule has 0 bridgehead atoms. The van der Waals surface area contributed by atoms with Crippen LogP contribution in [-0.2, 0) is 22.3 Å². The largest absolute Gasteiger partial charge is 0.501 e. The number of rotatable bonds is 7. The van der Waals surface area contributed by atoms with Gasteiger partial charge in [0.25, 0.3) is 0 Å². The van der Waals surface area contributed by atoms with Gasteiger partial charge in [0.2, 0.25) is 0 Å². The van der Waals surface area contributed by atoms with Crippen molar-refractivity contribution in [2.45, 2.75) is 65.9 Å². The first-order valence-corrected chi connectivity index (χ1v) is 10.2. The fraction of sp³-hybridized carbons (Fsp3) is 0.609. The summed E-state index contributed by atoms with van der Waals surface area (Å²) in [5, 5.41) is 2.80. The normalized spacial score (nSPS) is 13.0. The van der Waals surface area contributed by atoms with Crippen LogP contribution in [0.15, 0.2) is 23.5 Å². The monoisotopic (exact) mass is 407 g/mol. The highest BCUT2D eigenvalue weighted by molar-refractivity contribution is 5.67. The minimum Gasteiger partial charge on any atom is -0.501 e. The van der Waals surface area contributed by atoms with Gasteiger partial charge in [-0.25, -0.2) is 4.79 Å². The van der Waals surface area contributed by atoms with E-state index < -0.39 is 5.60 Å². The van der Waals surface area contributed by atoms with E-state index in [4.69, 9.17) is 18.9 Å². The van der Waals surface area contributed by atoms with Crippen molar-refractivity contribution in [3.63, 3.8) is 0 Å². The fourth-order valence-corrected chi connectivity index (χ4v) is 3.25. The van der Waals surface area contributed by atoms with Gasteiger partial charge in [0, 0.05) is 24.9 Å². The molecule has 0 spiro atoms. The summed E-state index contributed by atoms with van der Waals surface area (Å²) in [7, 11) is 5.02. The average molecular weight is 408 g/mol. The second-order valence-corrected chi connectivity index (χ2v) is 7.56. The second-order valence-electron chi connectivity index (χ2n) is 7.56. The van der Waals surface area contributed by atoms with Gasteiger partial charge in [-0.15, -0.1) is 0 Å². The number of hydrogen-bond acceptors (Lipinski definition) is 5. The Morgan fingerprint density at radius 2 is 1.72 bits per heavy atom. The number of hydrogen-bond donors (Lipinski definition) is 1. The smallest absolute Gasteiger partial charge is 0.407 e. The van der Waals surface area contributed by atoms with Crippen molar-refractivity contribution < 1.29 is 23.7 Å². The van der Waals surface area contributed by atoms with E-state index in [-0.39, 0.29) is 6.09 Å². The number of ether oxygens (including phenoxy) is 4. The van der Waals surface area contributed by atoms with Crippen LogP contribution in [0.3, 0.4) is 0 Å². The number of amides is 1. The molecule has 0 unspecified atom stereocenters. The summed E-state index contributed by atoms with van der Waals surface area (Å²) in [4.78, 5) is 11.7. The number of benzene rings is 1. The van der Waals surface area contributed by atoms with Crippen LogP contribution in [0.1, 0.15) is 58.6 Å². The summed E-state index contributed by atoms with van der Waals surface area (Å²) < 4.78 is 21.9. The van der Waals surface area contributed by atoms with Gasteiger partial charge in [0.1, 0.15) is 5.60 Å². The van der Waals surface area contributed by atoms with E-state index >= 15 is 0 Å². The van der Waals surface area contributed by atoms with Gasteiger partial charge in [-0.2, -0.15) is 0 Å². The molecule has 0 aromatic heterocycles. The zero-order valence-electron chi connectivity index (χ0n) is 19.2. The number of fused-ring (bicyclic) bond motifs is 1. The molecule has 1 amide bonds. The average Bonchev–Trinajstić information content (AvgIpc) is 2.69. The predicted molar refractivity (Wildman–Crippen MR) is 116 cm³/mol. The third-order valence-electron chi connectivity index (χ3n) is 4.45. The minimum atomic E-state index is -0.488. The number of carbonyl (C=O) groups is 1. The SMILES string of the molecule is CC.COC1=C(CCCNC(=O)OC(C)(C)C)Cc2c(ccc(OC)c2OC)C1. The Kier molecular flexibility index (Phi) is 9.86. The van der Waals surface area contributed by atoms with Crippen molar-refractivity contribution >= 4 is 6.09 Å². The molecule has 0 radical (unpaired) electrons. The molecule has 6 heteroatoms. The van der Waals surface area contributed by atoms with Gasteiger partial charge in [0.15, 0.2) is 11.5 Å². The van der Waals surface area contributed by atoms with Crippen molar-refractivity contribution in [2.75, 3.05) is 27.9 Å². The number of allylic oxidation sites excluding steroid dienone is 2. The van der Waals surface area contributed by atoms with Crippen molar-refractivity contribution in [3.8, 4) is 11.5 Å². The maximum atomic E-state index is 11.7. The Morgan fingerprint density at radius 3 is 2.28 bits per heavy atom. The van der Waals surface area contributed by atoms with Crippen molar-refractivity contribution in [2.24, 2.45) is 0 Å². The maximum Gasteiger partial charge on any atom is 0.407 e. The van der Waals surface area contributed by atoms with Crippen LogP contribution in [0.2, 0.25) is 0 Å². The molecule has 0 saturated heterocycles. The Bertz CT molecular complexity index is 704. The molecule has 2 rings (SSSR count). The van der Waals surface area contributed by atoms with Gasteiger partial charge in [-0.05, 0) is 50.8 Å². The van der Waals surface area contributed by atoms with E-state index in [0.29, 0.717) is 6.54 Å². The van der Waals surface area contributed by atoms with Crippen LogP contribution in [-0.4, -0.2) is 39.6 Å². The number of methoxy groups -OCH3 is 3. The Morgan fingerprint density at radius 1 is 1.03 bits per heavy atom. The fourth-order valence-electron chi connectivity index (χ4n) is 3.25. The zero-order chi connectivity index (χ0) is 22.0. The standard InChI is InChI=1S/C21H31NO5.C2H6/c1-21(2,3)27-20(23)22-11-7-8-15-12-16-14(13-18(15)25-5)9-10-17(24-4)19(16)26-6;1-2/h9-10H,7-8,11-13H2,1-6H3,(H,22,23);1-2H3. The molecule has 0 aliphatic heterocycles. The highest BCUT2D eigenvalue weighted by Gasteiger charge is 2.24. The van der Waals surface area contributed by atoms with Gasteiger partial charge in [-0.3, -0.25) is 0 Å². The van der Waals surface area contributed by atoms with Crippen LogP contribution >= 0.6 is 0 Å². The van der Waals surface area contributed by atoms with E-state index in [1.165, 1.54) is 11.1 Å². The molecule has 1 aliphatic rings. The van der Waals surface area contributed by atoms with Crippen molar-refractivity contribution in [3.05, 3.63) is 34.6 Å². The first-order chi connectivity index (χ1) is 13.8. The summed E-state index contributed by atoms with van der Waals surface area (Å²) in [5.41, 5.74) is 3.08. The van der Waals surface area contributed by atoms with Crippen LogP contribution in [0.5, 0.6) is 11.5 Å². The third-order valence-corrected chi connectivity index (χ3v) is 4.45. The molecule has 6 nitrogen and oxygen atoms in total. The minimum absolute atomic E-state index is 0.385. The molecule has 164 valence electrons. The topological polar surface area (TPSA) is 66.0 Å². The molecular formula is C23H37NO5. The molecule has 1 aliphatic carbocycles. The van der Waals surface area contributed by atoms with Gasteiger partial charge in [0.05, 0.1) is 27.1 Å². The van der Waals surface area contributed by atoms with Crippen LogP contribution in [0.4, 0.5) is 4.79 Å². The summed E-state index contributed by atoms with van der Waals surface area (Å²) in [6.07, 6.45) is 2.75. The first kappa shape index (κ1) is 24.7. The Balaban J connectivity index is 0.00000204. The number of alkyl carbamates (subject to hydrolysis) is 1. The lowest BCUT2D eigenvalue weighted by molar-refractivity contribution is 0.0527. The molecule has 0 saturated carbocycles. The van der Waals surface area contributed by atoms with E-state index in [0.717, 1.165) is 48.5 Å². The van der Waals surface area contributed by atoms with Gasteiger partial charge < -0.3 is 24.3 Å². The molecule has 1 N–H and O–H groups in total. The van der Waals surface area contributed by atoms with Crippen molar-refractivity contribution in [1.82, 2.24) is 5.32 Å². The molecule has 0 atom stereocenters.